The van der Waals surface area contributed by atoms with Crippen LogP contribution in [0.1, 0.15) is 18.0 Å². The smallest absolute Gasteiger partial charge is 0.305 e. The van der Waals surface area contributed by atoms with Gasteiger partial charge in [-0.1, -0.05) is 6.07 Å². The minimum atomic E-state index is -0.995. The lowest BCUT2D eigenvalue weighted by molar-refractivity contribution is -0.137. The monoisotopic (exact) mass is 268 g/mol. The zero-order chi connectivity index (χ0) is 13.8. The second kappa shape index (κ2) is 5.99. The Kier molecular flexibility index (Phi) is 4.34. The number of carboxylic acids is 1. The third kappa shape index (κ3) is 3.42. The van der Waals surface area contributed by atoms with E-state index in [0.717, 1.165) is 0 Å². The lowest BCUT2D eigenvalue weighted by Gasteiger charge is -2.29. The Labute approximate surface area is 110 Å². The summed E-state index contributed by atoms with van der Waals surface area (Å²) in [5.41, 5.74) is 6.72. The number of nitrogens with two attached hydrogens (primary N) is 1. The lowest BCUT2D eigenvalue weighted by Crippen LogP contribution is -2.36. The highest BCUT2D eigenvalue weighted by Gasteiger charge is 2.17. The first-order valence-corrected chi connectivity index (χ1v) is 6.17. The molecule has 2 rings (SSSR count). The van der Waals surface area contributed by atoms with Gasteiger partial charge in [0.15, 0.2) is 0 Å². The van der Waals surface area contributed by atoms with Gasteiger partial charge in [0, 0.05) is 19.1 Å². The number of aliphatic carboxylic acids is 1. The second-order valence-electron chi connectivity index (χ2n) is 4.51. The number of carbonyl (C=O) groups is 1. The molecule has 0 bridgehead atoms. The number of benzene rings is 1. The summed E-state index contributed by atoms with van der Waals surface area (Å²) < 4.78 is 19.3. The maximum Gasteiger partial charge on any atom is 0.305 e. The van der Waals surface area contributed by atoms with Crippen LogP contribution >= 0.6 is 0 Å². The molecule has 1 fully saturated rings. The van der Waals surface area contributed by atoms with Gasteiger partial charge in [-0.05, 0) is 17.7 Å². The zero-order valence-electron chi connectivity index (χ0n) is 10.5. The predicted molar refractivity (Wildman–Crippen MR) is 68.6 cm³/mol. The van der Waals surface area contributed by atoms with Crippen LogP contribution in [0.15, 0.2) is 18.2 Å². The van der Waals surface area contributed by atoms with E-state index in [9.17, 15) is 9.18 Å². The summed E-state index contributed by atoms with van der Waals surface area (Å²) in [6.45, 7) is 2.47. The third-order valence-corrected chi connectivity index (χ3v) is 3.15. The Hall–Kier alpha value is -1.66. The average Bonchev–Trinajstić information content (AvgIpc) is 2.38. The van der Waals surface area contributed by atoms with Crippen LogP contribution in [-0.4, -0.2) is 37.4 Å². The molecule has 0 spiro atoms. The van der Waals surface area contributed by atoms with E-state index in [1.807, 2.05) is 4.90 Å². The van der Waals surface area contributed by atoms with Gasteiger partial charge in [-0.3, -0.25) is 4.79 Å². The fourth-order valence-electron chi connectivity index (χ4n) is 2.12. The molecule has 1 aromatic rings. The molecule has 1 atom stereocenters. The molecule has 1 aromatic carbocycles. The first-order valence-electron chi connectivity index (χ1n) is 6.17. The molecule has 1 aliphatic heterocycles. The van der Waals surface area contributed by atoms with Gasteiger partial charge < -0.3 is 20.5 Å². The van der Waals surface area contributed by atoms with Crippen LogP contribution in [0.4, 0.5) is 10.1 Å². The van der Waals surface area contributed by atoms with Crippen LogP contribution in [0.25, 0.3) is 0 Å². The molecule has 104 valence electrons. The number of rotatable bonds is 4. The molecule has 1 saturated heterocycles. The van der Waals surface area contributed by atoms with Gasteiger partial charge in [0.1, 0.15) is 5.82 Å². The molecule has 0 amide bonds. The van der Waals surface area contributed by atoms with Crippen LogP contribution in [0.3, 0.4) is 0 Å². The maximum absolute atomic E-state index is 14.0. The fraction of sp³-hybridized carbons (Fsp3) is 0.462. The molecule has 1 unspecified atom stereocenters. The molecule has 0 radical (unpaired) electrons. The number of hydrogen-bond acceptors (Lipinski definition) is 4. The zero-order valence-corrected chi connectivity index (χ0v) is 10.5. The van der Waals surface area contributed by atoms with E-state index in [1.165, 1.54) is 6.07 Å². The molecule has 3 N–H and O–H groups in total. The van der Waals surface area contributed by atoms with E-state index >= 15 is 0 Å². The molecule has 19 heavy (non-hydrogen) atoms. The van der Waals surface area contributed by atoms with Gasteiger partial charge in [-0.15, -0.1) is 0 Å². The van der Waals surface area contributed by atoms with Gasteiger partial charge in [0.2, 0.25) is 0 Å². The molecular formula is C13H17FN2O3. The number of anilines is 1. The number of hydrogen-bond donors (Lipinski definition) is 2. The highest BCUT2D eigenvalue weighted by Crippen LogP contribution is 2.24. The number of nitrogens with zero attached hydrogens (tertiary/aromatic N) is 1. The van der Waals surface area contributed by atoms with E-state index in [4.69, 9.17) is 15.6 Å². The van der Waals surface area contributed by atoms with Gasteiger partial charge in [-0.2, -0.15) is 0 Å². The van der Waals surface area contributed by atoms with Crippen molar-refractivity contribution in [3.8, 4) is 0 Å². The maximum atomic E-state index is 14.0. The van der Waals surface area contributed by atoms with E-state index < -0.39 is 12.0 Å². The second-order valence-corrected chi connectivity index (χ2v) is 4.51. The van der Waals surface area contributed by atoms with Gasteiger partial charge >= 0.3 is 5.97 Å². The summed E-state index contributed by atoms with van der Waals surface area (Å²) in [5, 5.41) is 8.68. The van der Waals surface area contributed by atoms with Crippen LogP contribution in [-0.2, 0) is 9.53 Å². The van der Waals surface area contributed by atoms with Crippen molar-refractivity contribution in [1.29, 1.82) is 0 Å². The van der Waals surface area contributed by atoms with E-state index in [-0.39, 0.29) is 12.2 Å². The Morgan fingerprint density at radius 1 is 1.47 bits per heavy atom. The summed E-state index contributed by atoms with van der Waals surface area (Å²) in [6, 6.07) is 3.96. The highest BCUT2D eigenvalue weighted by molar-refractivity contribution is 5.68. The molecule has 5 nitrogen and oxygen atoms in total. The highest BCUT2D eigenvalue weighted by atomic mass is 19.1. The standard InChI is InChI=1S/C13H17FN2O3/c14-10-7-9(11(15)8-13(17)18)1-2-12(10)16-3-5-19-6-4-16/h1-2,7,11H,3-6,8,15H2,(H,17,18). The Morgan fingerprint density at radius 3 is 2.74 bits per heavy atom. The normalized spacial score (nSPS) is 17.3. The Morgan fingerprint density at radius 2 is 2.16 bits per heavy atom. The summed E-state index contributed by atoms with van der Waals surface area (Å²) in [6.07, 6.45) is -0.212. The van der Waals surface area contributed by atoms with Crippen molar-refractivity contribution in [1.82, 2.24) is 0 Å². The van der Waals surface area contributed by atoms with Crippen molar-refractivity contribution in [3.63, 3.8) is 0 Å². The largest absolute Gasteiger partial charge is 0.481 e. The molecule has 6 heteroatoms. The lowest BCUT2D eigenvalue weighted by atomic mass is 10.0. The van der Waals surface area contributed by atoms with E-state index in [1.54, 1.807) is 12.1 Å². The van der Waals surface area contributed by atoms with E-state index in [0.29, 0.717) is 37.6 Å². The summed E-state index contributed by atoms with van der Waals surface area (Å²) in [4.78, 5) is 12.5. The number of ether oxygens (including phenoxy) is 1. The Bertz CT molecular complexity index is 461. The SMILES string of the molecule is NC(CC(=O)O)c1ccc(N2CCOCC2)c(F)c1. The van der Waals surface area contributed by atoms with Crippen LogP contribution in [0.2, 0.25) is 0 Å². The summed E-state index contributed by atoms with van der Waals surface area (Å²) >= 11 is 0. The molecular weight excluding hydrogens is 251 g/mol. The predicted octanol–water partition coefficient (Wildman–Crippen LogP) is 1.14. The molecule has 0 aliphatic carbocycles. The summed E-state index contributed by atoms with van der Waals surface area (Å²) in [7, 11) is 0. The first-order chi connectivity index (χ1) is 9.08. The average molecular weight is 268 g/mol. The number of halogens is 1. The van der Waals surface area contributed by atoms with Crippen molar-refractivity contribution in [2.75, 3.05) is 31.2 Å². The van der Waals surface area contributed by atoms with Crippen molar-refractivity contribution in [2.45, 2.75) is 12.5 Å². The first kappa shape index (κ1) is 13.8. The number of morpholine rings is 1. The van der Waals surface area contributed by atoms with Crippen LogP contribution < -0.4 is 10.6 Å². The van der Waals surface area contributed by atoms with E-state index in [2.05, 4.69) is 0 Å². The van der Waals surface area contributed by atoms with Crippen molar-refractivity contribution in [3.05, 3.63) is 29.6 Å². The van der Waals surface area contributed by atoms with Crippen LogP contribution in [0, 0.1) is 5.82 Å². The number of carboxylic acid groups (broad SMARTS) is 1. The van der Waals surface area contributed by atoms with Gasteiger partial charge in [-0.25, -0.2) is 4.39 Å². The topological polar surface area (TPSA) is 75.8 Å². The van der Waals surface area contributed by atoms with Gasteiger partial charge in [0.25, 0.3) is 0 Å². The van der Waals surface area contributed by atoms with Crippen molar-refractivity contribution < 1.29 is 19.0 Å². The molecule has 0 aromatic heterocycles. The van der Waals surface area contributed by atoms with Crippen LogP contribution in [0.5, 0.6) is 0 Å². The minimum absolute atomic E-state index is 0.212. The third-order valence-electron chi connectivity index (χ3n) is 3.15. The van der Waals surface area contributed by atoms with Crippen molar-refractivity contribution >= 4 is 11.7 Å². The Balaban J connectivity index is 2.14. The van der Waals surface area contributed by atoms with Crippen molar-refractivity contribution in [2.24, 2.45) is 5.73 Å². The van der Waals surface area contributed by atoms with Gasteiger partial charge in [0.05, 0.1) is 25.3 Å². The summed E-state index contributed by atoms with van der Waals surface area (Å²) in [5.74, 6) is -1.37. The fourth-order valence-corrected chi connectivity index (χ4v) is 2.12. The minimum Gasteiger partial charge on any atom is -0.481 e. The quantitative estimate of drug-likeness (QED) is 0.856. The molecule has 0 saturated carbocycles. The molecule has 1 aliphatic rings. The molecule has 1 heterocycles.